The fraction of sp³-hybridized carbons (Fsp3) is 0.320. The fourth-order valence-electron chi connectivity index (χ4n) is 4.40. The summed E-state index contributed by atoms with van der Waals surface area (Å²) in [5.74, 6) is 0.900. The number of carboxylic acid groups (broad SMARTS) is 1. The maximum atomic E-state index is 10.9. The number of aromatic amines is 1. The first-order valence-electron chi connectivity index (χ1n) is 11.3. The van der Waals surface area contributed by atoms with Gasteiger partial charge in [0.1, 0.15) is 11.9 Å². The standard InChI is InChI=1S/C25H24IN5O3/c1-14-8-17(12-29-25(14)34-19-5-2-15(3-6-19)9-22(32)33)20-7-4-16(11-27-20)23-30-21-10-18(26)13-28-24(21)31-23/h4,7-8,10-13,15,19H,2-3,5-6,9H2,1H3,(H,32,33)(H,28,30,31). The number of nitrogens with zero attached hydrogens (tertiary/aromatic N) is 4. The summed E-state index contributed by atoms with van der Waals surface area (Å²) in [5.41, 5.74) is 5.17. The minimum Gasteiger partial charge on any atom is -0.481 e. The highest BCUT2D eigenvalue weighted by atomic mass is 127. The number of rotatable bonds is 6. The molecule has 4 heterocycles. The molecule has 1 aliphatic carbocycles. The third-order valence-electron chi connectivity index (χ3n) is 6.20. The Morgan fingerprint density at radius 2 is 1.88 bits per heavy atom. The van der Waals surface area contributed by atoms with E-state index in [0.717, 1.165) is 63.0 Å². The van der Waals surface area contributed by atoms with Gasteiger partial charge in [-0.3, -0.25) is 9.78 Å². The molecular weight excluding hydrogens is 545 g/mol. The Kier molecular flexibility index (Phi) is 6.44. The van der Waals surface area contributed by atoms with Crippen molar-refractivity contribution in [3.05, 3.63) is 52.0 Å². The number of carbonyl (C=O) groups is 1. The number of aryl methyl sites for hydroxylation is 1. The lowest BCUT2D eigenvalue weighted by molar-refractivity contribution is -0.138. The number of aromatic nitrogens is 5. The van der Waals surface area contributed by atoms with E-state index >= 15 is 0 Å². The van der Waals surface area contributed by atoms with Gasteiger partial charge in [-0.15, -0.1) is 0 Å². The van der Waals surface area contributed by atoms with E-state index in [1.54, 1.807) is 18.6 Å². The van der Waals surface area contributed by atoms with Crippen LogP contribution in [0.4, 0.5) is 0 Å². The van der Waals surface area contributed by atoms with Crippen LogP contribution in [0.2, 0.25) is 0 Å². The summed E-state index contributed by atoms with van der Waals surface area (Å²) in [7, 11) is 0. The highest BCUT2D eigenvalue weighted by Gasteiger charge is 2.24. The lowest BCUT2D eigenvalue weighted by atomic mass is 9.85. The van der Waals surface area contributed by atoms with Crippen molar-refractivity contribution in [1.29, 1.82) is 0 Å². The Labute approximate surface area is 210 Å². The molecule has 174 valence electrons. The molecule has 4 aromatic rings. The van der Waals surface area contributed by atoms with E-state index < -0.39 is 5.97 Å². The zero-order chi connectivity index (χ0) is 23.7. The first-order chi connectivity index (χ1) is 16.4. The summed E-state index contributed by atoms with van der Waals surface area (Å²) in [6.45, 7) is 1.99. The second-order valence-electron chi connectivity index (χ2n) is 8.75. The number of carboxylic acids is 1. The lowest BCUT2D eigenvalue weighted by Crippen LogP contribution is -2.25. The third-order valence-corrected chi connectivity index (χ3v) is 6.79. The molecule has 4 aromatic heterocycles. The molecule has 8 nitrogen and oxygen atoms in total. The van der Waals surface area contributed by atoms with Crippen LogP contribution in [-0.2, 0) is 4.79 Å². The van der Waals surface area contributed by atoms with Gasteiger partial charge in [-0.2, -0.15) is 0 Å². The molecule has 2 N–H and O–H groups in total. The molecule has 1 fully saturated rings. The van der Waals surface area contributed by atoms with Gasteiger partial charge in [-0.1, -0.05) is 0 Å². The molecule has 1 aliphatic rings. The monoisotopic (exact) mass is 569 g/mol. The minimum absolute atomic E-state index is 0.0843. The Bertz CT molecular complexity index is 1330. The van der Waals surface area contributed by atoms with Crippen molar-refractivity contribution in [2.45, 2.75) is 45.1 Å². The van der Waals surface area contributed by atoms with Crippen LogP contribution >= 0.6 is 22.6 Å². The van der Waals surface area contributed by atoms with Crippen molar-refractivity contribution in [2.24, 2.45) is 5.92 Å². The third kappa shape index (κ3) is 5.03. The molecule has 0 spiro atoms. The molecule has 0 atom stereocenters. The molecule has 0 amide bonds. The number of halogens is 1. The molecule has 5 rings (SSSR count). The number of imidazole rings is 1. The van der Waals surface area contributed by atoms with Gasteiger partial charge in [0.2, 0.25) is 5.88 Å². The Morgan fingerprint density at radius 1 is 1.09 bits per heavy atom. The molecule has 0 unspecified atom stereocenters. The number of ether oxygens (including phenoxy) is 1. The summed E-state index contributed by atoms with van der Waals surface area (Å²) >= 11 is 2.23. The van der Waals surface area contributed by atoms with Crippen LogP contribution in [0.5, 0.6) is 5.88 Å². The predicted octanol–water partition coefficient (Wildman–Crippen LogP) is 5.41. The van der Waals surface area contributed by atoms with Crippen molar-refractivity contribution >= 4 is 39.7 Å². The van der Waals surface area contributed by atoms with Gasteiger partial charge in [-0.25, -0.2) is 15.0 Å². The molecule has 0 aromatic carbocycles. The van der Waals surface area contributed by atoms with Crippen LogP contribution in [0.25, 0.3) is 33.8 Å². The van der Waals surface area contributed by atoms with Gasteiger partial charge < -0.3 is 14.8 Å². The second kappa shape index (κ2) is 9.65. The van der Waals surface area contributed by atoms with Crippen LogP contribution in [0.15, 0.2) is 42.9 Å². The van der Waals surface area contributed by atoms with E-state index in [4.69, 9.17) is 9.84 Å². The summed E-state index contributed by atoms with van der Waals surface area (Å²) < 4.78 is 7.20. The van der Waals surface area contributed by atoms with Gasteiger partial charge in [0.25, 0.3) is 0 Å². The number of pyridine rings is 3. The maximum absolute atomic E-state index is 10.9. The average Bonchev–Trinajstić information content (AvgIpc) is 3.24. The van der Waals surface area contributed by atoms with Crippen LogP contribution in [-0.4, -0.2) is 42.1 Å². The zero-order valence-corrected chi connectivity index (χ0v) is 20.8. The van der Waals surface area contributed by atoms with E-state index in [9.17, 15) is 4.79 Å². The Morgan fingerprint density at radius 3 is 2.59 bits per heavy atom. The number of fused-ring (bicyclic) bond motifs is 1. The predicted molar refractivity (Wildman–Crippen MR) is 136 cm³/mol. The number of H-pyrrole nitrogens is 1. The van der Waals surface area contributed by atoms with Crippen molar-refractivity contribution < 1.29 is 14.6 Å². The SMILES string of the molecule is Cc1cc(-c2ccc(-c3nc4ncc(I)cc4[nH]3)cn2)cnc1OC1CCC(CC(=O)O)CC1. The summed E-state index contributed by atoms with van der Waals surface area (Å²) in [4.78, 5) is 32.3. The summed E-state index contributed by atoms with van der Waals surface area (Å²) in [6, 6.07) is 8.00. The molecule has 34 heavy (non-hydrogen) atoms. The molecule has 0 aliphatic heterocycles. The molecule has 1 saturated carbocycles. The van der Waals surface area contributed by atoms with E-state index in [1.165, 1.54) is 0 Å². The fourth-order valence-corrected chi connectivity index (χ4v) is 4.85. The number of hydrogen-bond donors (Lipinski definition) is 2. The molecule has 0 saturated heterocycles. The van der Waals surface area contributed by atoms with Gasteiger partial charge in [0.15, 0.2) is 5.65 Å². The lowest BCUT2D eigenvalue weighted by Gasteiger charge is -2.28. The van der Waals surface area contributed by atoms with Crippen molar-refractivity contribution in [1.82, 2.24) is 24.9 Å². The van der Waals surface area contributed by atoms with Gasteiger partial charge >= 0.3 is 5.97 Å². The smallest absolute Gasteiger partial charge is 0.303 e. The van der Waals surface area contributed by atoms with E-state index in [-0.39, 0.29) is 18.4 Å². The number of aliphatic carboxylic acids is 1. The molecule has 9 heteroatoms. The Hall–Kier alpha value is -3.08. The van der Waals surface area contributed by atoms with Gasteiger partial charge in [0, 0.05) is 45.3 Å². The van der Waals surface area contributed by atoms with Gasteiger partial charge in [0.05, 0.1) is 11.2 Å². The average molecular weight is 569 g/mol. The van der Waals surface area contributed by atoms with Crippen LogP contribution < -0.4 is 4.74 Å². The number of hydrogen-bond acceptors (Lipinski definition) is 6. The van der Waals surface area contributed by atoms with Crippen molar-refractivity contribution in [3.63, 3.8) is 0 Å². The van der Waals surface area contributed by atoms with Crippen LogP contribution in [0.1, 0.15) is 37.7 Å². The van der Waals surface area contributed by atoms with E-state index in [0.29, 0.717) is 11.5 Å². The highest BCUT2D eigenvalue weighted by Crippen LogP contribution is 2.31. The normalized spacial score (nSPS) is 18.2. The minimum atomic E-state index is -0.719. The van der Waals surface area contributed by atoms with Crippen LogP contribution in [0, 0.1) is 16.4 Å². The second-order valence-corrected chi connectivity index (χ2v) is 9.99. The Balaban J connectivity index is 1.26. The first kappa shape index (κ1) is 22.7. The van der Waals surface area contributed by atoms with E-state index in [2.05, 4.69) is 47.5 Å². The quantitative estimate of drug-likeness (QED) is 0.299. The summed E-state index contributed by atoms with van der Waals surface area (Å²) in [5, 5.41) is 8.98. The summed E-state index contributed by atoms with van der Waals surface area (Å²) in [6.07, 6.45) is 9.19. The first-order valence-corrected chi connectivity index (χ1v) is 12.4. The molecule has 0 bridgehead atoms. The number of nitrogens with one attached hydrogen (secondary N) is 1. The highest BCUT2D eigenvalue weighted by molar-refractivity contribution is 14.1. The maximum Gasteiger partial charge on any atom is 0.303 e. The van der Waals surface area contributed by atoms with Crippen LogP contribution in [0.3, 0.4) is 0 Å². The molecular formula is C25H24IN5O3. The topological polar surface area (TPSA) is 114 Å². The molecule has 0 radical (unpaired) electrons. The van der Waals surface area contributed by atoms with Crippen molar-refractivity contribution in [2.75, 3.05) is 0 Å². The van der Waals surface area contributed by atoms with Gasteiger partial charge in [-0.05, 0) is 85.4 Å². The van der Waals surface area contributed by atoms with E-state index in [1.807, 2.05) is 31.2 Å². The zero-order valence-electron chi connectivity index (χ0n) is 18.7. The van der Waals surface area contributed by atoms with Crippen molar-refractivity contribution in [3.8, 4) is 28.5 Å². The largest absolute Gasteiger partial charge is 0.481 e.